The van der Waals surface area contributed by atoms with Crippen molar-refractivity contribution in [2.45, 2.75) is 0 Å². The average molecular weight is 247 g/mol. The standard InChI is InChI=1S/C8H10NO4PS/c1-12-14(2,15)13-8-5-3-7(4-6-8)9(10)11/h3-6H,1-2H3/t14-/m0/s1. The number of hydrogen-bond donors (Lipinski definition) is 0. The van der Waals surface area contributed by atoms with Crippen LogP contribution in [0.15, 0.2) is 24.3 Å². The molecule has 7 heteroatoms. The highest BCUT2D eigenvalue weighted by atomic mass is 32.5. The van der Waals surface area contributed by atoms with Gasteiger partial charge in [-0.2, -0.15) is 0 Å². The SMILES string of the molecule is CO[P@](C)(=S)Oc1ccc([N+](=O)[O-])cc1. The lowest BCUT2D eigenvalue weighted by Gasteiger charge is -2.15. The highest BCUT2D eigenvalue weighted by Crippen LogP contribution is 2.43. The summed E-state index contributed by atoms with van der Waals surface area (Å²) in [6.07, 6.45) is 0. The number of rotatable bonds is 4. The second-order valence-corrected chi connectivity index (χ2v) is 6.88. The van der Waals surface area contributed by atoms with Crippen LogP contribution < -0.4 is 4.52 Å². The number of nitrogens with zero attached hydrogens (tertiary/aromatic N) is 1. The summed E-state index contributed by atoms with van der Waals surface area (Å²) < 4.78 is 10.4. The van der Waals surface area contributed by atoms with E-state index in [9.17, 15) is 10.1 Å². The Morgan fingerprint density at radius 3 is 2.33 bits per heavy atom. The Morgan fingerprint density at radius 1 is 1.40 bits per heavy atom. The molecule has 0 heterocycles. The zero-order valence-corrected chi connectivity index (χ0v) is 9.96. The molecule has 0 saturated heterocycles. The third-order valence-corrected chi connectivity index (χ3v) is 3.53. The van der Waals surface area contributed by atoms with Gasteiger partial charge >= 0.3 is 0 Å². The van der Waals surface area contributed by atoms with E-state index in [1.54, 1.807) is 6.66 Å². The quantitative estimate of drug-likeness (QED) is 0.465. The molecule has 0 N–H and O–H groups in total. The van der Waals surface area contributed by atoms with Crippen LogP contribution in [0.3, 0.4) is 0 Å². The maximum atomic E-state index is 10.4. The maximum absolute atomic E-state index is 10.4. The molecule has 1 aromatic rings. The van der Waals surface area contributed by atoms with Gasteiger partial charge in [0.2, 0.25) is 6.49 Å². The Bertz CT molecular complexity index is 406. The summed E-state index contributed by atoms with van der Waals surface area (Å²) in [4.78, 5) is 9.91. The van der Waals surface area contributed by atoms with Crippen LogP contribution >= 0.6 is 6.49 Å². The van der Waals surface area contributed by atoms with E-state index >= 15 is 0 Å². The summed E-state index contributed by atoms with van der Waals surface area (Å²) in [6.45, 7) is -0.586. The molecule has 0 radical (unpaired) electrons. The van der Waals surface area contributed by atoms with Crippen molar-refractivity contribution < 1.29 is 14.0 Å². The molecule has 1 atom stereocenters. The lowest BCUT2D eigenvalue weighted by atomic mass is 10.3. The molecule has 0 fully saturated rings. The fourth-order valence-electron chi connectivity index (χ4n) is 0.857. The van der Waals surface area contributed by atoms with Crippen LogP contribution in [0.4, 0.5) is 5.69 Å². The molecule has 0 spiro atoms. The van der Waals surface area contributed by atoms with Crippen molar-refractivity contribution in [3.63, 3.8) is 0 Å². The topological polar surface area (TPSA) is 61.6 Å². The largest absolute Gasteiger partial charge is 0.444 e. The van der Waals surface area contributed by atoms with Crippen molar-refractivity contribution in [2.75, 3.05) is 13.8 Å². The van der Waals surface area contributed by atoms with E-state index in [1.165, 1.54) is 31.4 Å². The lowest BCUT2D eigenvalue weighted by Crippen LogP contribution is -1.93. The minimum Gasteiger partial charge on any atom is -0.444 e. The summed E-state index contributed by atoms with van der Waals surface area (Å²) in [6, 6.07) is 5.73. The van der Waals surface area contributed by atoms with Gasteiger partial charge in [0.15, 0.2) is 0 Å². The highest BCUT2D eigenvalue weighted by Gasteiger charge is 2.11. The summed E-state index contributed by atoms with van der Waals surface area (Å²) in [5, 5.41) is 10.4. The molecule has 0 unspecified atom stereocenters. The van der Waals surface area contributed by atoms with E-state index in [2.05, 4.69) is 0 Å². The number of benzene rings is 1. The molecule has 5 nitrogen and oxygen atoms in total. The zero-order valence-electron chi connectivity index (χ0n) is 8.25. The minimum absolute atomic E-state index is 0.0178. The highest BCUT2D eigenvalue weighted by molar-refractivity contribution is 8.09. The van der Waals surface area contributed by atoms with Crippen LogP contribution in [0.5, 0.6) is 5.75 Å². The van der Waals surface area contributed by atoms with Crippen molar-refractivity contribution in [3.8, 4) is 5.75 Å². The van der Waals surface area contributed by atoms with E-state index in [4.69, 9.17) is 20.9 Å². The van der Waals surface area contributed by atoms with E-state index in [0.29, 0.717) is 5.75 Å². The Kier molecular flexibility index (Phi) is 3.79. The first-order valence-electron chi connectivity index (χ1n) is 4.02. The molecule has 0 aromatic heterocycles. The molecule has 1 rings (SSSR count). The maximum Gasteiger partial charge on any atom is 0.269 e. The third-order valence-electron chi connectivity index (χ3n) is 1.65. The smallest absolute Gasteiger partial charge is 0.269 e. The molecular formula is C8H10NO4PS. The molecule has 82 valence electrons. The molecule has 0 aliphatic carbocycles. The molecule has 0 saturated carbocycles. The van der Waals surface area contributed by atoms with Crippen LogP contribution in [-0.2, 0) is 16.3 Å². The predicted octanol–water partition coefficient (Wildman–Crippen LogP) is 2.56. The normalized spacial score (nSPS) is 14.3. The van der Waals surface area contributed by atoms with Crippen LogP contribution in [-0.4, -0.2) is 18.7 Å². The number of nitro benzene ring substituents is 1. The van der Waals surface area contributed by atoms with Crippen molar-refractivity contribution in [3.05, 3.63) is 34.4 Å². The summed E-state index contributed by atoms with van der Waals surface area (Å²) in [7, 11) is 1.48. The Labute approximate surface area is 92.3 Å². The van der Waals surface area contributed by atoms with Gasteiger partial charge in [-0.05, 0) is 23.9 Å². The number of non-ortho nitro benzene ring substituents is 1. The van der Waals surface area contributed by atoms with Gasteiger partial charge in [-0.1, -0.05) is 0 Å². The van der Waals surface area contributed by atoms with E-state index in [0.717, 1.165) is 0 Å². The monoisotopic (exact) mass is 247 g/mol. The van der Waals surface area contributed by atoms with Gasteiger partial charge in [-0.15, -0.1) is 0 Å². The first-order chi connectivity index (χ1) is 6.94. The second-order valence-electron chi connectivity index (χ2n) is 2.80. The number of hydrogen-bond acceptors (Lipinski definition) is 5. The van der Waals surface area contributed by atoms with Crippen LogP contribution in [0, 0.1) is 10.1 Å². The summed E-state index contributed by atoms with van der Waals surface area (Å²) in [5.74, 6) is 0.480. The van der Waals surface area contributed by atoms with Gasteiger partial charge in [0.1, 0.15) is 5.75 Å². The fourth-order valence-corrected chi connectivity index (χ4v) is 1.69. The predicted molar refractivity (Wildman–Crippen MR) is 60.9 cm³/mol. The molecule has 0 bridgehead atoms. The van der Waals surface area contributed by atoms with E-state index in [-0.39, 0.29) is 5.69 Å². The van der Waals surface area contributed by atoms with Crippen LogP contribution in [0.2, 0.25) is 0 Å². The minimum atomic E-state index is -2.27. The van der Waals surface area contributed by atoms with Gasteiger partial charge in [0.25, 0.3) is 5.69 Å². The molecule has 1 aromatic carbocycles. The molecular weight excluding hydrogens is 237 g/mol. The van der Waals surface area contributed by atoms with Crippen molar-refractivity contribution in [1.82, 2.24) is 0 Å². The summed E-state index contributed by atoms with van der Waals surface area (Å²) in [5.41, 5.74) is 0.0178. The summed E-state index contributed by atoms with van der Waals surface area (Å²) >= 11 is 5.04. The fraction of sp³-hybridized carbons (Fsp3) is 0.250. The Morgan fingerprint density at radius 2 is 1.93 bits per heavy atom. The lowest BCUT2D eigenvalue weighted by molar-refractivity contribution is -0.384. The number of nitro groups is 1. The van der Waals surface area contributed by atoms with E-state index in [1.807, 2.05) is 0 Å². The Hall–Kier alpha value is -0.970. The van der Waals surface area contributed by atoms with Gasteiger partial charge in [-0.3, -0.25) is 10.1 Å². The van der Waals surface area contributed by atoms with Gasteiger partial charge in [0.05, 0.1) is 4.92 Å². The van der Waals surface area contributed by atoms with Gasteiger partial charge in [0, 0.05) is 25.9 Å². The molecule has 15 heavy (non-hydrogen) atoms. The second kappa shape index (κ2) is 4.70. The Balaban J connectivity index is 2.82. The van der Waals surface area contributed by atoms with Gasteiger partial charge < -0.3 is 9.05 Å². The third kappa shape index (κ3) is 3.58. The van der Waals surface area contributed by atoms with Crippen molar-refractivity contribution >= 4 is 24.0 Å². The van der Waals surface area contributed by atoms with E-state index < -0.39 is 11.4 Å². The molecule has 0 aliphatic heterocycles. The average Bonchev–Trinajstić information content (AvgIpc) is 2.18. The molecule has 0 amide bonds. The first kappa shape index (κ1) is 12.1. The van der Waals surface area contributed by atoms with Gasteiger partial charge in [-0.25, -0.2) is 0 Å². The van der Waals surface area contributed by atoms with Crippen LogP contribution in [0.25, 0.3) is 0 Å². The zero-order chi connectivity index (χ0) is 11.5. The van der Waals surface area contributed by atoms with Crippen molar-refractivity contribution in [1.29, 1.82) is 0 Å². The van der Waals surface area contributed by atoms with Crippen molar-refractivity contribution in [2.24, 2.45) is 0 Å². The van der Waals surface area contributed by atoms with Crippen LogP contribution in [0.1, 0.15) is 0 Å². The molecule has 0 aliphatic rings. The first-order valence-corrected chi connectivity index (χ1v) is 7.10.